The van der Waals surface area contributed by atoms with E-state index >= 15 is 0 Å². The summed E-state index contributed by atoms with van der Waals surface area (Å²) >= 11 is 1.38. The van der Waals surface area contributed by atoms with Crippen LogP contribution < -0.4 is 9.47 Å². The van der Waals surface area contributed by atoms with Crippen molar-refractivity contribution < 1.29 is 57.2 Å². The number of ether oxygens (including phenoxy) is 6. The lowest BCUT2D eigenvalue weighted by atomic mass is 9.92. The Morgan fingerprint density at radius 2 is 0.974 bits per heavy atom. The van der Waals surface area contributed by atoms with Crippen LogP contribution in [0.2, 0.25) is 0 Å². The summed E-state index contributed by atoms with van der Waals surface area (Å²) in [6, 6.07) is 11.7. The molecule has 0 atom stereocenters. The van der Waals surface area contributed by atoms with Crippen LogP contribution >= 0.6 is 22.6 Å². The quantitative estimate of drug-likeness (QED) is 0.108. The van der Waals surface area contributed by atoms with Gasteiger partial charge in [-0.25, -0.2) is 14.4 Å². The number of rotatable bonds is 12. The molecular weight excluding hydrogens is 631 g/mol. The molecule has 0 bridgehead atoms. The third kappa shape index (κ3) is 10.3. The van der Waals surface area contributed by atoms with Gasteiger partial charge in [-0.3, -0.25) is 14.4 Å². The Bertz CT molecular complexity index is 1140. The summed E-state index contributed by atoms with van der Waals surface area (Å²) < 4.78 is 30.4. The largest absolute Gasteiger partial charge is 0.465 e. The Morgan fingerprint density at radius 1 is 0.590 bits per heavy atom. The van der Waals surface area contributed by atoms with Gasteiger partial charge in [-0.1, -0.05) is 24.3 Å². The molecule has 0 unspecified atom stereocenters. The summed E-state index contributed by atoms with van der Waals surface area (Å²) in [5.74, 6) is -3.93. The molecule has 12 nitrogen and oxygen atoms in total. The first-order valence-corrected chi connectivity index (χ1v) is 12.3. The SMILES string of the molecule is CC(=O)OCC(COC(=O)I)(COC(=O)c1ccccc1OC(C)=O)COC(=O)c1ccccc1OC(C)=O. The highest BCUT2D eigenvalue weighted by Crippen LogP contribution is 2.26. The molecule has 0 spiro atoms. The number of hydrogen-bond acceptors (Lipinski definition) is 12. The molecule has 0 aliphatic heterocycles. The monoisotopic (exact) mass is 656 g/mol. The van der Waals surface area contributed by atoms with Crippen molar-refractivity contribution in [2.24, 2.45) is 5.41 Å². The van der Waals surface area contributed by atoms with Crippen molar-refractivity contribution in [3.63, 3.8) is 0 Å². The van der Waals surface area contributed by atoms with Gasteiger partial charge in [0.05, 0.1) is 22.6 Å². The number of carbonyl (C=O) groups is 6. The first kappa shape index (κ1) is 31.2. The molecule has 208 valence electrons. The Kier molecular flexibility index (Phi) is 11.8. The van der Waals surface area contributed by atoms with Gasteiger partial charge < -0.3 is 28.4 Å². The highest BCUT2D eigenvalue weighted by molar-refractivity contribution is 14.1. The highest BCUT2D eigenvalue weighted by Gasteiger charge is 2.38. The molecule has 0 aliphatic rings. The van der Waals surface area contributed by atoms with Crippen molar-refractivity contribution in [3.8, 4) is 11.5 Å². The zero-order chi connectivity index (χ0) is 29.0. The number of carbonyl (C=O) groups excluding carboxylic acids is 6. The molecule has 0 fully saturated rings. The molecule has 0 saturated carbocycles. The molecule has 0 N–H and O–H groups in total. The zero-order valence-electron chi connectivity index (χ0n) is 21.2. The molecule has 2 aromatic rings. The van der Waals surface area contributed by atoms with E-state index in [2.05, 4.69) is 0 Å². The van der Waals surface area contributed by atoms with Crippen molar-refractivity contribution >= 4 is 56.4 Å². The van der Waals surface area contributed by atoms with Gasteiger partial charge in [0, 0.05) is 20.8 Å². The Hall–Kier alpha value is -4.01. The standard InChI is InChI=1S/C26H25IO12/c1-16(28)34-12-26(15-37-25(27)33,13-35-23(31)19-8-4-6-10-21(19)38-17(2)29)14-36-24(32)20-9-5-7-11-22(20)39-18(3)30/h4-11H,12-15H2,1-3H3. The van der Waals surface area contributed by atoms with E-state index in [4.69, 9.17) is 28.4 Å². The molecule has 0 heterocycles. The average Bonchev–Trinajstić information content (AvgIpc) is 2.87. The average molecular weight is 656 g/mol. The molecule has 0 amide bonds. The van der Waals surface area contributed by atoms with E-state index in [0.717, 1.165) is 6.92 Å². The second kappa shape index (κ2) is 14.8. The topological polar surface area (TPSA) is 158 Å². The Balaban J connectivity index is 2.32. The molecule has 2 rings (SSSR count). The van der Waals surface area contributed by atoms with E-state index in [1.54, 1.807) is 12.1 Å². The fourth-order valence-electron chi connectivity index (χ4n) is 3.07. The number of hydrogen-bond donors (Lipinski definition) is 0. The predicted molar refractivity (Wildman–Crippen MR) is 141 cm³/mol. The molecule has 0 aliphatic carbocycles. The first-order valence-electron chi connectivity index (χ1n) is 11.3. The van der Waals surface area contributed by atoms with Gasteiger partial charge in [0.2, 0.25) is 0 Å². The van der Waals surface area contributed by atoms with Crippen LogP contribution in [0.1, 0.15) is 41.5 Å². The zero-order valence-corrected chi connectivity index (χ0v) is 23.4. The lowest BCUT2D eigenvalue weighted by Crippen LogP contribution is -2.43. The molecule has 2 aromatic carbocycles. The summed E-state index contributed by atoms with van der Waals surface area (Å²) in [7, 11) is 0. The minimum absolute atomic E-state index is 0.0483. The molecule has 0 saturated heterocycles. The van der Waals surface area contributed by atoms with E-state index in [1.165, 1.54) is 72.8 Å². The molecule has 0 aromatic heterocycles. The van der Waals surface area contributed by atoms with Crippen LogP contribution in [0.4, 0.5) is 4.79 Å². The lowest BCUT2D eigenvalue weighted by molar-refractivity contribution is -0.148. The lowest BCUT2D eigenvalue weighted by Gasteiger charge is -2.31. The molecular formula is C26H25IO12. The van der Waals surface area contributed by atoms with Crippen LogP contribution in [0.5, 0.6) is 11.5 Å². The van der Waals surface area contributed by atoms with Crippen LogP contribution in [-0.2, 0) is 33.3 Å². The van der Waals surface area contributed by atoms with Crippen LogP contribution in [0.3, 0.4) is 0 Å². The third-order valence-corrected chi connectivity index (χ3v) is 5.13. The van der Waals surface area contributed by atoms with Crippen molar-refractivity contribution in [2.75, 3.05) is 26.4 Å². The predicted octanol–water partition coefficient (Wildman–Crippen LogP) is 3.67. The molecule has 13 heteroatoms. The fraction of sp³-hybridized carbons (Fsp3) is 0.308. The van der Waals surface area contributed by atoms with Crippen LogP contribution in [-0.4, -0.2) is 60.3 Å². The van der Waals surface area contributed by atoms with Gasteiger partial charge in [0.25, 0.3) is 0 Å². The smallest absolute Gasteiger partial charge is 0.367 e. The Labute approximate surface area is 237 Å². The third-order valence-electron chi connectivity index (χ3n) is 4.81. The minimum atomic E-state index is -1.54. The van der Waals surface area contributed by atoms with Crippen LogP contribution in [0, 0.1) is 5.41 Å². The normalized spacial score (nSPS) is 10.6. The summed E-state index contributed by atoms with van der Waals surface area (Å²) in [4.78, 5) is 71.8. The second-order valence-corrected chi connectivity index (χ2v) is 9.02. The summed E-state index contributed by atoms with van der Waals surface area (Å²) in [6.07, 6.45) is 0. The van der Waals surface area contributed by atoms with Crippen molar-refractivity contribution in [2.45, 2.75) is 20.8 Å². The number of benzene rings is 2. The van der Waals surface area contributed by atoms with E-state index in [0.29, 0.717) is 0 Å². The maximum absolute atomic E-state index is 12.9. The molecule has 39 heavy (non-hydrogen) atoms. The van der Waals surface area contributed by atoms with Crippen molar-refractivity contribution in [1.29, 1.82) is 0 Å². The highest BCUT2D eigenvalue weighted by atomic mass is 127. The summed E-state index contributed by atoms with van der Waals surface area (Å²) in [6.45, 7) is 1.44. The van der Waals surface area contributed by atoms with Gasteiger partial charge in [0.1, 0.15) is 54.5 Å². The molecule has 0 radical (unpaired) electrons. The van der Waals surface area contributed by atoms with Gasteiger partial charge in [-0.15, -0.1) is 0 Å². The minimum Gasteiger partial charge on any atom is -0.465 e. The fourth-order valence-corrected chi connectivity index (χ4v) is 3.22. The maximum atomic E-state index is 12.9. The van der Waals surface area contributed by atoms with Gasteiger partial charge >= 0.3 is 33.8 Å². The van der Waals surface area contributed by atoms with Crippen molar-refractivity contribution in [3.05, 3.63) is 59.7 Å². The van der Waals surface area contributed by atoms with E-state index in [-0.39, 0.29) is 22.6 Å². The summed E-state index contributed by atoms with van der Waals surface area (Å²) in [5.41, 5.74) is -1.69. The van der Waals surface area contributed by atoms with E-state index in [1.807, 2.05) is 0 Å². The summed E-state index contributed by atoms with van der Waals surface area (Å²) in [5, 5.41) is 0. The van der Waals surface area contributed by atoms with E-state index < -0.39 is 65.7 Å². The number of esters is 5. The van der Waals surface area contributed by atoms with Gasteiger partial charge in [-0.2, -0.15) is 0 Å². The maximum Gasteiger partial charge on any atom is 0.367 e. The second-order valence-electron chi connectivity index (χ2n) is 8.14. The van der Waals surface area contributed by atoms with Gasteiger partial charge in [0.15, 0.2) is 0 Å². The number of halogens is 1. The van der Waals surface area contributed by atoms with Gasteiger partial charge in [-0.05, 0) is 24.3 Å². The van der Waals surface area contributed by atoms with Crippen LogP contribution in [0.15, 0.2) is 48.5 Å². The van der Waals surface area contributed by atoms with E-state index in [9.17, 15) is 28.8 Å². The first-order chi connectivity index (χ1) is 18.4. The number of para-hydroxylation sites is 2. The Morgan fingerprint density at radius 3 is 1.36 bits per heavy atom. The van der Waals surface area contributed by atoms with Crippen molar-refractivity contribution in [1.82, 2.24) is 0 Å². The van der Waals surface area contributed by atoms with Crippen LogP contribution in [0.25, 0.3) is 0 Å².